The van der Waals surface area contributed by atoms with Crippen molar-refractivity contribution < 1.29 is 4.74 Å². The van der Waals surface area contributed by atoms with Crippen LogP contribution in [0.15, 0.2) is 16.9 Å². The van der Waals surface area contributed by atoms with Gasteiger partial charge in [0.25, 0.3) is 0 Å². The fourth-order valence-electron chi connectivity index (χ4n) is 2.27. The van der Waals surface area contributed by atoms with Crippen LogP contribution in [-0.4, -0.2) is 12.1 Å². The lowest BCUT2D eigenvalue weighted by molar-refractivity contribution is 0.415. The molecule has 0 aliphatic carbocycles. The van der Waals surface area contributed by atoms with Crippen LogP contribution >= 0.6 is 11.6 Å². The molecular weight excluding hydrogens is 262 g/mol. The number of fused-ring (bicyclic) bond motifs is 1. The second kappa shape index (κ2) is 5.25. The Morgan fingerprint density at radius 3 is 2.63 bits per heavy atom. The number of aromatic nitrogens is 1. The number of H-pyrrole nitrogens is 1. The van der Waals surface area contributed by atoms with Gasteiger partial charge in [-0.05, 0) is 25.3 Å². The van der Waals surface area contributed by atoms with Crippen molar-refractivity contribution in [3.63, 3.8) is 0 Å². The highest BCUT2D eigenvalue weighted by Gasteiger charge is 2.13. The van der Waals surface area contributed by atoms with E-state index in [1.165, 1.54) is 0 Å². The van der Waals surface area contributed by atoms with Gasteiger partial charge in [-0.1, -0.05) is 25.4 Å². The van der Waals surface area contributed by atoms with Gasteiger partial charge in [-0.2, -0.15) is 0 Å². The van der Waals surface area contributed by atoms with Crippen molar-refractivity contribution >= 4 is 22.5 Å². The van der Waals surface area contributed by atoms with Gasteiger partial charge in [0.15, 0.2) is 5.43 Å². The number of aryl methyl sites for hydroxylation is 1. The van der Waals surface area contributed by atoms with Crippen molar-refractivity contribution in [1.82, 2.24) is 4.98 Å². The lowest BCUT2D eigenvalue weighted by Crippen LogP contribution is -2.15. The molecule has 3 nitrogen and oxygen atoms in total. The molecule has 0 unspecified atom stereocenters. The lowest BCUT2D eigenvalue weighted by atomic mass is 9.99. The van der Waals surface area contributed by atoms with Gasteiger partial charge >= 0.3 is 0 Å². The summed E-state index contributed by atoms with van der Waals surface area (Å²) in [7, 11) is 1.56. The Bertz CT molecular complexity index is 674. The number of methoxy groups -OCH3 is 1. The maximum Gasteiger partial charge on any atom is 0.192 e. The Labute approximate surface area is 117 Å². The SMILES string of the molecule is COc1cc2[nH]c(C)c(CC(C)C)c(=O)c2cc1Cl. The lowest BCUT2D eigenvalue weighted by Gasteiger charge is -2.11. The van der Waals surface area contributed by atoms with E-state index >= 15 is 0 Å². The van der Waals surface area contributed by atoms with Gasteiger partial charge in [0.2, 0.25) is 0 Å². The number of hydrogen-bond acceptors (Lipinski definition) is 2. The summed E-state index contributed by atoms with van der Waals surface area (Å²) in [4.78, 5) is 15.8. The second-order valence-electron chi connectivity index (χ2n) is 5.19. The van der Waals surface area contributed by atoms with Crippen LogP contribution in [0.3, 0.4) is 0 Å². The predicted molar refractivity (Wildman–Crippen MR) is 79.4 cm³/mol. The Morgan fingerprint density at radius 2 is 2.05 bits per heavy atom. The highest BCUT2D eigenvalue weighted by molar-refractivity contribution is 6.32. The molecule has 102 valence electrons. The first-order chi connectivity index (χ1) is 8.93. The summed E-state index contributed by atoms with van der Waals surface area (Å²) < 4.78 is 5.17. The van der Waals surface area contributed by atoms with Crippen molar-refractivity contribution in [2.75, 3.05) is 7.11 Å². The van der Waals surface area contributed by atoms with Crippen molar-refractivity contribution in [2.24, 2.45) is 5.92 Å². The van der Waals surface area contributed by atoms with Crippen LogP contribution < -0.4 is 10.2 Å². The molecule has 1 N–H and O–H groups in total. The zero-order valence-electron chi connectivity index (χ0n) is 11.6. The molecule has 4 heteroatoms. The summed E-state index contributed by atoms with van der Waals surface area (Å²) in [6, 6.07) is 3.45. The number of ether oxygens (including phenoxy) is 1. The van der Waals surface area contributed by atoms with Crippen molar-refractivity contribution in [3.05, 3.63) is 38.6 Å². The molecule has 0 aliphatic rings. The van der Waals surface area contributed by atoms with E-state index in [2.05, 4.69) is 18.8 Å². The Morgan fingerprint density at radius 1 is 1.37 bits per heavy atom. The fraction of sp³-hybridized carbons (Fsp3) is 0.400. The third-order valence-electron chi connectivity index (χ3n) is 3.20. The predicted octanol–water partition coefficient (Wildman–Crippen LogP) is 3.70. The second-order valence-corrected chi connectivity index (χ2v) is 5.60. The van der Waals surface area contributed by atoms with E-state index in [0.717, 1.165) is 23.2 Å². The van der Waals surface area contributed by atoms with Crippen LogP contribution in [0, 0.1) is 12.8 Å². The van der Waals surface area contributed by atoms with E-state index in [9.17, 15) is 4.79 Å². The Kier molecular flexibility index (Phi) is 3.85. The van der Waals surface area contributed by atoms with E-state index in [4.69, 9.17) is 16.3 Å². The minimum atomic E-state index is 0.0597. The number of nitrogens with one attached hydrogen (secondary N) is 1. The first kappa shape index (κ1) is 13.9. The smallest absolute Gasteiger partial charge is 0.192 e. The number of pyridine rings is 1. The molecule has 0 bridgehead atoms. The van der Waals surface area contributed by atoms with E-state index in [0.29, 0.717) is 22.1 Å². The molecule has 0 atom stereocenters. The van der Waals surface area contributed by atoms with Crippen molar-refractivity contribution in [3.8, 4) is 5.75 Å². The van der Waals surface area contributed by atoms with Crippen LogP contribution in [0.4, 0.5) is 0 Å². The highest BCUT2D eigenvalue weighted by atomic mass is 35.5. The molecule has 0 amide bonds. The summed E-state index contributed by atoms with van der Waals surface area (Å²) in [5.41, 5.74) is 2.57. The molecule has 2 aromatic rings. The van der Waals surface area contributed by atoms with Gasteiger partial charge in [-0.15, -0.1) is 0 Å². The maximum atomic E-state index is 12.5. The molecule has 1 aromatic carbocycles. The first-order valence-electron chi connectivity index (χ1n) is 6.33. The molecule has 0 saturated heterocycles. The monoisotopic (exact) mass is 279 g/mol. The van der Waals surface area contributed by atoms with E-state index in [-0.39, 0.29) is 5.43 Å². The Balaban J connectivity index is 2.74. The number of aromatic amines is 1. The minimum absolute atomic E-state index is 0.0597. The number of rotatable bonds is 3. The summed E-state index contributed by atoms with van der Waals surface area (Å²) in [5.74, 6) is 1.01. The number of halogens is 1. The van der Waals surface area contributed by atoms with Gasteiger partial charge in [-0.3, -0.25) is 4.79 Å². The van der Waals surface area contributed by atoms with E-state index in [1.807, 2.05) is 6.92 Å². The van der Waals surface area contributed by atoms with Gasteiger partial charge in [0.05, 0.1) is 17.6 Å². The van der Waals surface area contributed by atoms with Gasteiger partial charge in [0, 0.05) is 22.7 Å². The third kappa shape index (κ3) is 2.61. The quantitative estimate of drug-likeness (QED) is 0.931. The maximum absolute atomic E-state index is 12.5. The number of benzene rings is 1. The summed E-state index contributed by atoms with van der Waals surface area (Å²) in [6.07, 6.45) is 0.765. The molecule has 0 saturated carbocycles. The third-order valence-corrected chi connectivity index (χ3v) is 3.49. The van der Waals surface area contributed by atoms with E-state index < -0.39 is 0 Å². The van der Waals surface area contributed by atoms with Crippen LogP contribution in [0.2, 0.25) is 5.02 Å². The van der Waals surface area contributed by atoms with E-state index in [1.54, 1.807) is 19.2 Å². The molecule has 0 spiro atoms. The zero-order valence-corrected chi connectivity index (χ0v) is 12.4. The molecule has 1 aromatic heterocycles. The fourth-order valence-corrected chi connectivity index (χ4v) is 2.51. The largest absolute Gasteiger partial charge is 0.495 e. The van der Waals surface area contributed by atoms with Crippen LogP contribution in [0.5, 0.6) is 5.75 Å². The van der Waals surface area contributed by atoms with Crippen molar-refractivity contribution in [2.45, 2.75) is 27.2 Å². The summed E-state index contributed by atoms with van der Waals surface area (Å²) >= 11 is 6.10. The minimum Gasteiger partial charge on any atom is -0.495 e. The van der Waals surface area contributed by atoms with Gasteiger partial charge in [-0.25, -0.2) is 0 Å². The molecule has 0 aliphatic heterocycles. The first-order valence-corrected chi connectivity index (χ1v) is 6.70. The molecule has 2 rings (SSSR count). The standard InChI is InChI=1S/C15H18ClNO2/c1-8(2)5-10-9(3)17-13-7-14(19-4)12(16)6-11(13)15(10)18/h6-8H,5H2,1-4H3,(H,17,18). The normalized spacial score (nSPS) is 11.3. The summed E-state index contributed by atoms with van der Waals surface area (Å²) in [6.45, 7) is 6.13. The van der Waals surface area contributed by atoms with Crippen molar-refractivity contribution in [1.29, 1.82) is 0 Å². The Hall–Kier alpha value is -1.48. The van der Waals surface area contributed by atoms with Gasteiger partial charge in [0.1, 0.15) is 5.75 Å². The van der Waals surface area contributed by atoms with Gasteiger partial charge < -0.3 is 9.72 Å². The molecule has 0 radical (unpaired) electrons. The average Bonchev–Trinajstić information content (AvgIpc) is 2.35. The molecule has 0 fully saturated rings. The average molecular weight is 280 g/mol. The number of hydrogen-bond donors (Lipinski definition) is 1. The molecule has 1 heterocycles. The van der Waals surface area contributed by atoms with Crippen LogP contribution in [-0.2, 0) is 6.42 Å². The topological polar surface area (TPSA) is 42.1 Å². The van der Waals surface area contributed by atoms with Crippen LogP contribution in [0.1, 0.15) is 25.1 Å². The molecule has 19 heavy (non-hydrogen) atoms. The zero-order chi connectivity index (χ0) is 14.2. The van der Waals surface area contributed by atoms with Crippen LogP contribution in [0.25, 0.3) is 10.9 Å². The summed E-state index contributed by atoms with van der Waals surface area (Å²) in [5, 5.41) is 1.08. The highest BCUT2D eigenvalue weighted by Crippen LogP contribution is 2.28. The molecular formula is C15H18ClNO2.